The van der Waals surface area contributed by atoms with E-state index < -0.39 is 5.97 Å². The molecule has 1 rings (SSSR count). The van der Waals surface area contributed by atoms with Crippen LogP contribution in [0.25, 0.3) is 0 Å². The number of aliphatic carboxylic acids is 1. The molecule has 21 heavy (non-hydrogen) atoms. The van der Waals surface area contributed by atoms with E-state index in [0.29, 0.717) is 19.5 Å². The van der Waals surface area contributed by atoms with Gasteiger partial charge in [0.2, 0.25) is 0 Å². The van der Waals surface area contributed by atoms with Gasteiger partial charge in [0, 0.05) is 19.5 Å². The minimum Gasteiger partial charge on any atom is -0.497 e. The van der Waals surface area contributed by atoms with Crippen LogP contribution in [0.3, 0.4) is 0 Å². The quantitative estimate of drug-likeness (QED) is 0.606. The number of hydrogen-bond donors (Lipinski definition) is 3. The van der Waals surface area contributed by atoms with Gasteiger partial charge < -0.3 is 20.5 Å². The maximum atomic E-state index is 11.4. The number of urea groups is 1. The first-order valence-corrected chi connectivity index (χ1v) is 6.98. The Morgan fingerprint density at radius 1 is 1.10 bits per heavy atom. The molecular weight excluding hydrogens is 272 g/mol. The van der Waals surface area contributed by atoms with E-state index in [-0.39, 0.29) is 12.5 Å². The number of benzene rings is 1. The third-order valence-corrected chi connectivity index (χ3v) is 2.94. The summed E-state index contributed by atoms with van der Waals surface area (Å²) in [5.74, 6) is -0.0192. The third-order valence-electron chi connectivity index (χ3n) is 2.94. The Labute approximate surface area is 124 Å². The molecule has 6 nitrogen and oxygen atoms in total. The Bertz CT molecular complexity index is 445. The number of carboxylic acid groups (broad SMARTS) is 1. The van der Waals surface area contributed by atoms with Crippen LogP contribution < -0.4 is 15.4 Å². The van der Waals surface area contributed by atoms with Gasteiger partial charge in [-0.3, -0.25) is 4.79 Å². The molecule has 0 atom stereocenters. The van der Waals surface area contributed by atoms with Gasteiger partial charge in [-0.2, -0.15) is 0 Å². The maximum absolute atomic E-state index is 11.4. The Hall–Kier alpha value is -2.24. The first kappa shape index (κ1) is 16.8. The van der Waals surface area contributed by atoms with Gasteiger partial charge in [-0.05, 0) is 37.0 Å². The minimum atomic E-state index is -0.850. The number of aryl methyl sites for hydroxylation is 1. The number of ether oxygens (including phenoxy) is 1. The van der Waals surface area contributed by atoms with Crippen LogP contribution in [-0.2, 0) is 11.2 Å². The smallest absolute Gasteiger partial charge is 0.314 e. The summed E-state index contributed by atoms with van der Waals surface area (Å²) < 4.78 is 5.09. The molecule has 0 bridgehead atoms. The van der Waals surface area contributed by atoms with Gasteiger partial charge in [-0.25, -0.2) is 4.79 Å². The zero-order valence-electron chi connectivity index (χ0n) is 12.2. The molecule has 0 aliphatic carbocycles. The van der Waals surface area contributed by atoms with Crippen molar-refractivity contribution in [1.29, 1.82) is 0 Å². The third kappa shape index (κ3) is 7.81. The van der Waals surface area contributed by atoms with Crippen LogP contribution in [0.2, 0.25) is 0 Å². The number of methoxy groups -OCH3 is 1. The molecule has 0 radical (unpaired) electrons. The monoisotopic (exact) mass is 294 g/mol. The molecule has 0 unspecified atom stereocenters. The predicted molar refractivity (Wildman–Crippen MR) is 79.6 cm³/mol. The van der Waals surface area contributed by atoms with Crippen LogP contribution in [-0.4, -0.2) is 37.3 Å². The summed E-state index contributed by atoms with van der Waals surface area (Å²) in [4.78, 5) is 21.7. The standard InChI is InChI=1S/C15H22N2O4/c1-21-13-8-6-12(7-9-13)4-2-10-16-15(20)17-11-3-5-14(18)19/h6-9H,2-5,10-11H2,1H3,(H,18,19)(H2,16,17,20). The van der Waals surface area contributed by atoms with Gasteiger partial charge in [-0.1, -0.05) is 12.1 Å². The first-order valence-electron chi connectivity index (χ1n) is 6.98. The van der Waals surface area contributed by atoms with Crippen molar-refractivity contribution in [2.45, 2.75) is 25.7 Å². The highest BCUT2D eigenvalue weighted by Gasteiger charge is 2.01. The van der Waals surface area contributed by atoms with E-state index in [4.69, 9.17) is 9.84 Å². The van der Waals surface area contributed by atoms with E-state index in [2.05, 4.69) is 10.6 Å². The summed E-state index contributed by atoms with van der Waals surface area (Å²) in [5.41, 5.74) is 1.19. The van der Waals surface area contributed by atoms with Crippen LogP contribution in [0, 0.1) is 0 Å². The van der Waals surface area contributed by atoms with Crippen molar-refractivity contribution in [3.63, 3.8) is 0 Å². The average molecular weight is 294 g/mol. The van der Waals surface area contributed by atoms with Crippen molar-refractivity contribution in [3.05, 3.63) is 29.8 Å². The average Bonchev–Trinajstić information content (AvgIpc) is 2.48. The second-order valence-corrected chi connectivity index (χ2v) is 4.63. The van der Waals surface area contributed by atoms with Crippen molar-refractivity contribution in [2.24, 2.45) is 0 Å². The second-order valence-electron chi connectivity index (χ2n) is 4.63. The second kappa shape index (κ2) is 9.63. The summed E-state index contributed by atoms with van der Waals surface area (Å²) in [5, 5.41) is 13.8. The molecule has 0 fully saturated rings. The lowest BCUT2D eigenvalue weighted by atomic mass is 10.1. The lowest BCUT2D eigenvalue weighted by molar-refractivity contribution is -0.137. The van der Waals surface area contributed by atoms with Gasteiger partial charge in [0.25, 0.3) is 0 Å². The van der Waals surface area contributed by atoms with Gasteiger partial charge >= 0.3 is 12.0 Å². The number of carbonyl (C=O) groups is 2. The van der Waals surface area contributed by atoms with Crippen molar-refractivity contribution in [1.82, 2.24) is 10.6 Å². The number of carboxylic acids is 1. The highest BCUT2D eigenvalue weighted by Crippen LogP contribution is 2.12. The number of nitrogens with one attached hydrogen (secondary N) is 2. The molecule has 0 heterocycles. The molecule has 2 amide bonds. The molecule has 0 spiro atoms. The lowest BCUT2D eigenvalue weighted by Gasteiger charge is -2.07. The zero-order valence-corrected chi connectivity index (χ0v) is 12.2. The van der Waals surface area contributed by atoms with Gasteiger partial charge in [0.05, 0.1) is 7.11 Å². The summed E-state index contributed by atoms with van der Waals surface area (Å²) in [6.45, 7) is 0.952. The Balaban J connectivity index is 2.07. The number of rotatable bonds is 9. The highest BCUT2D eigenvalue weighted by atomic mass is 16.5. The molecule has 3 N–H and O–H groups in total. The van der Waals surface area contributed by atoms with Crippen LogP contribution >= 0.6 is 0 Å². The Kier molecular flexibility index (Phi) is 7.71. The van der Waals surface area contributed by atoms with Crippen LogP contribution in [0.15, 0.2) is 24.3 Å². The lowest BCUT2D eigenvalue weighted by Crippen LogP contribution is -2.36. The van der Waals surface area contributed by atoms with E-state index in [9.17, 15) is 9.59 Å². The highest BCUT2D eigenvalue weighted by molar-refractivity contribution is 5.73. The van der Waals surface area contributed by atoms with Crippen molar-refractivity contribution in [2.75, 3.05) is 20.2 Å². The normalized spacial score (nSPS) is 9.95. The van der Waals surface area contributed by atoms with Crippen molar-refractivity contribution >= 4 is 12.0 Å². The summed E-state index contributed by atoms with van der Waals surface area (Å²) in [6.07, 6.45) is 2.23. The molecular formula is C15H22N2O4. The molecule has 1 aromatic carbocycles. The van der Waals surface area contributed by atoms with E-state index >= 15 is 0 Å². The van der Waals surface area contributed by atoms with E-state index in [1.807, 2.05) is 24.3 Å². The minimum absolute atomic E-state index is 0.0672. The Morgan fingerprint density at radius 3 is 2.29 bits per heavy atom. The number of hydrogen-bond acceptors (Lipinski definition) is 3. The topological polar surface area (TPSA) is 87.7 Å². The Morgan fingerprint density at radius 2 is 1.71 bits per heavy atom. The van der Waals surface area contributed by atoms with Gasteiger partial charge in [0.1, 0.15) is 5.75 Å². The number of amides is 2. The molecule has 0 aliphatic rings. The van der Waals surface area contributed by atoms with Crippen LogP contribution in [0.5, 0.6) is 5.75 Å². The maximum Gasteiger partial charge on any atom is 0.314 e. The molecule has 6 heteroatoms. The summed E-state index contributed by atoms with van der Waals surface area (Å²) in [6, 6.07) is 7.58. The zero-order chi connectivity index (χ0) is 15.5. The molecule has 0 aromatic heterocycles. The van der Waals surface area contributed by atoms with Gasteiger partial charge in [0.15, 0.2) is 0 Å². The summed E-state index contributed by atoms with van der Waals surface area (Å²) in [7, 11) is 1.63. The summed E-state index contributed by atoms with van der Waals surface area (Å²) >= 11 is 0. The predicted octanol–water partition coefficient (Wildman–Crippen LogP) is 1.79. The largest absolute Gasteiger partial charge is 0.497 e. The van der Waals surface area contributed by atoms with E-state index in [1.54, 1.807) is 7.11 Å². The van der Waals surface area contributed by atoms with Crippen molar-refractivity contribution in [3.8, 4) is 5.75 Å². The van der Waals surface area contributed by atoms with Crippen LogP contribution in [0.1, 0.15) is 24.8 Å². The molecule has 0 saturated carbocycles. The molecule has 0 saturated heterocycles. The van der Waals surface area contributed by atoms with Crippen LogP contribution in [0.4, 0.5) is 4.79 Å². The number of carbonyl (C=O) groups excluding carboxylic acids is 1. The molecule has 1 aromatic rings. The molecule has 116 valence electrons. The van der Waals surface area contributed by atoms with Crippen molar-refractivity contribution < 1.29 is 19.4 Å². The first-order chi connectivity index (χ1) is 10.1. The SMILES string of the molecule is COc1ccc(CCCNC(=O)NCCCC(=O)O)cc1. The van der Waals surface area contributed by atoms with Gasteiger partial charge in [-0.15, -0.1) is 0 Å². The molecule has 0 aliphatic heterocycles. The fraction of sp³-hybridized carbons (Fsp3) is 0.467. The van der Waals surface area contributed by atoms with E-state index in [1.165, 1.54) is 5.56 Å². The van der Waals surface area contributed by atoms with E-state index in [0.717, 1.165) is 18.6 Å². The fourth-order valence-corrected chi connectivity index (χ4v) is 1.79. The fourth-order valence-electron chi connectivity index (χ4n) is 1.79.